The molecule has 3 N–H and O–H groups in total. The van der Waals surface area contributed by atoms with Gasteiger partial charge in [-0.25, -0.2) is 4.79 Å². The standard InChI is InChI=1S/C7H4BrFO4/c8-3-1-2(7(12)13)5(10)4(9)6(3)11/h1,10-11H,(H,12,13). The number of carboxylic acids is 1. The molecule has 70 valence electrons. The van der Waals surface area contributed by atoms with E-state index in [1.54, 1.807) is 0 Å². The fourth-order valence-corrected chi connectivity index (χ4v) is 1.16. The number of aromatic hydroxyl groups is 2. The molecule has 0 spiro atoms. The second-order valence-electron chi connectivity index (χ2n) is 2.22. The monoisotopic (exact) mass is 250 g/mol. The molecule has 0 aromatic heterocycles. The van der Waals surface area contributed by atoms with Gasteiger partial charge in [-0.2, -0.15) is 4.39 Å². The van der Waals surface area contributed by atoms with Gasteiger partial charge < -0.3 is 15.3 Å². The van der Waals surface area contributed by atoms with Gasteiger partial charge in [0.15, 0.2) is 11.5 Å². The molecule has 0 saturated heterocycles. The second-order valence-corrected chi connectivity index (χ2v) is 3.08. The van der Waals surface area contributed by atoms with Gasteiger partial charge in [-0.1, -0.05) is 0 Å². The van der Waals surface area contributed by atoms with E-state index in [1.165, 1.54) is 0 Å². The molecule has 0 atom stereocenters. The first-order valence-corrected chi connectivity index (χ1v) is 3.87. The largest absolute Gasteiger partial charge is 0.504 e. The Morgan fingerprint density at radius 3 is 2.38 bits per heavy atom. The number of hydrogen-bond donors (Lipinski definition) is 3. The van der Waals surface area contributed by atoms with Crippen molar-refractivity contribution in [1.29, 1.82) is 0 Å². The van der Waals surface area contributed by atoms with Crippen LogP contribution in [0.4, 0.5) is 4.39 Å². The Morgan fingerprint density at radius 1 is 1.38 bits per heavy atom. The van der Waals surface area contributed by atoms with E-state index in [4.69, 9.17) is 15.3 Å². The van der Waals surface area contributed by atoms with Crippen LogP contribution in [-0.2, 0) is 0 Å². The first kappa shape index (κ1) is 9.79. The summed E-state index contributed by atoms with van der Waals surface area (Å²) in [7, 11) is 0. The highest BCUT2D eigenvalue weighted by Gasteiger charge is 2.19. The predicted molar refractivity (Wildman–Crippen MR) is 44.4 cm³/mol. The van der Waals surface area contributed by atoms with Crippen LogP contribution in [0.5, 0.6) is 11.5 Å². The van der Waals surface area contributed by atoms with E-state index in [1.807, 2.05) is 0 Å². The maximum absolute atomic E-state index is 12.8. The highest BCUT2D eigenvalue weighted by atomic mass is 79.9. The van der Waals surface area contributed by atoms with Crippen LogP contribution >= 0.6 is 15.9 Å². The zero-order valence-electron chi connectivity index (χ0n) is 6.08. The van der Waals surface area contributed by atoms with Gasteiger partial charge in [0, 0.05) is 0 Å². The summed E-state index contributed by atoms with van der Waals surface area (Å²) in [5.41, 5.74) is -0.609. The van der Waals surface area contributed by atoms with E-state index in [0.717, 1.165) is 6.07 Å². The van der Waals surface area contributed by atoms with Gasteiger partial charge >= 0.3 is 5.97 Å². The molecule has 0 saturated carbocycles. The molecule has 0 aliphatic heterocycles. The SMILES string of the molecule is O=C(O)c1cc(Br)c(O)c(F)c1O. The average Bonchev–Trinajstić information content (AvgIpc) is 2.07. The average molecular weight is 251 g/mol. The molecule has 0 aliphatic rings. The summed E-state index contributed by atoms with van der Waals surface area (Å²) in [6.45, 7) is 0. The van der Waals surface area contributed by atoms with Gasteiger partial charge in [0.25, 0.3) is 0 Å². The lowest BCUT2D eigenvalue weighted by molar-refractivity contribution is 0.0692. The van der Waals surface area contributed by atoms with Crippen molar-refractivity contribution in [3.8, 4) is 11.5 Å². The number of carbonyl (C=O) groups is 1. The molecule has 6 heteroatoms. The summed E-state index contributed by atoms with van der Waals surface area (Å²) < 4.78 is 12.7. The fraction of sp³-hybridized carbons (Fsp3) is 0. The van der Waals surface area contributed by atoms with Gasteiger partial charge in [0.1, 0.15) is 5.56 Å². The molecule has 1 aromatic carbocycles. The highest BCUT2D eigenvalue weighted by molar-refractivity contribution is 9.10. The molecule has 0 fully saturated rings. The summed E-state index contributed by atoms with van der Waals surface area (Å²) in [6, 6.07) is 0.913. The van der Waals surface area contributed by atoms with Gasteiger partial charge in [0.2, 0.25) is 5.82 Å². The number of halogens is 2. The molecule has 0 unspecified atom stereocenters. The van der Waals surface area contributed by atoms with Crippen LogP contribution in [0.25, 0.3) is 0 Å². The second kappa shape index (κ2) is 3.21. The molecule has 0 heterocycles. The molecule has 4 nitrogen and oxygen atoms in total. The van der Waals surface area contributed by atoms with Crippen LogP contribution in [-0.4, -0.2) is 21.3 Å². The maximum Gasteiger partial charge on any atom is 0.339 e. The van der Waals surface area contributed by atoms with Crippen LogP contribution in [0.3, 0.4) is 0 Å². The van der Waals surface area contributed by atoms with Crippen LogP contribution < -0.4 is 0 Å². The molecule has 1 rings (SSSR count). The van der Waals surface area contributed by atoms with Crippen LogP contribution in [0.2, 0.25) is 0 Å². The summed E-state index contributed by atoms with van der Waals surface area (Å²) in [6.07, 6.45) is 0. The minimum absolute atomic E-state index is 0.125. The Morgan fingerprint density at radius 2 is 1.92 bits per heavy atom. The van der Waals surface area contributed by atoms with Crippen molar-refractivity contribution in [2.45, 2.75) is 0 Å². The quantitative estimate of drug-likeness (QED) is 0.709. The Kier molecular flexibility index (Phi) is 2.42. The Bertz CT molecular complexity index is 377. The predicted octanol–water partition coefficient (Wildman–Crippen LogP) is 1.70. The summed E-state index contributed by atoms with van der Waals surface area (Å²) >= 11 is 2.73. The summed E-state index contributed by atoms with van der Waals surface area (Å²) in [4.78, 5) is 10.4. The zero-order chi connectivity index (χ0) is 10.2. The summed E-state index contributed by atoms with van der Waals surface area (Å²) in [5, 5.41) is 26.3. The first-order valence-electron chi connectivity index (χ1n) is 3.08. The van der Waals surface area contributed by atoms with Crippen molar-refractivity contribution in [1.82, 2.24) is 0 Å². The van der Waals surface area contributed by atoms with Gasteiger partial charge in [-0.15, -0.1) is 0 Å². The van der Waals surface area contributed by atoms with E-state index in [0.29, 0.717) is 0 Å². The van der Waals surface area contributed by atoms with E-state index >= 15 is 0 Å². The topological polar surface area (TPSA) is 77.8 Å². The van der Waals surface area contributed by atoms with Crippen molar-refractivity contribution < 1.29 is 24.5 Å². The van der Waals surface area contributed by atoms with Crippen molar-refractivity contribution in [2.75, 3.05) is 0 Å². The van der Waals surface area contributed by atoms with Gasteiger partial charge in [-0.3, -0.25) is 0 Å². The molecule has 0 aliphatic carbocycles. The van der Waals surface area contributed by atoms with E-state index in [9.17, 15) is 9.18 Å². The molecule has 13 heavy (non-hydrogen) atoms. The third-order valence-electron chi connectivity index (χ3n) is 1.40. The number of benzene rings is 1. The minimum Gasteiger partial charge on any atom is -0.504 e. The normalized spacial score (nSPS) is 10.0. The highest BCUT2D eigenvalue weighted by Crippen LogP contribution is 2.35. The lowest BCUT2D eigenvalue weighted by Crippen LogP contribution is -1.98. The molecule has 1 aromatic rings. The smallest absolute Gasteiger partial charge is 0.339 e. The number of aromatic carboxylic acids is 1. The molecular weight excluding hydrogens is 247 g/mol. The number of rotatable bonds is 1. The Labute approximate surface area is 80.4 Å². The minimum atomic E-state index is -1.47. The van der Waals surface area contributed by atoms with Gasteiger partial charge in [0.05, 0.1) is 4.47 Å². The molecular formula is C7H4BrFO4. The van der Waals surface area contributed by atoms with Crippen molar-refractivity contribution >= 4 is 21.9 Å². The maximum atomic E-state index is 12.8. The number of hydrogen-bond acceptors (Lipinski definition) is 3. The molecule has 0 amide bonds. The number of phenols is 2. The van der Waals surface area contributed by atoms with Crippen LogP contribution in [0.1, 0.15) is 10.4 Å². The van der Waals surface area contributed by atoms with Crippen LogP contribution in [0, 0.1) is 5.82 Å². The van der Waals surface area contributed by atoms with E-state index in [-0.39, 0.29) is 4.47 Å². The fourth-order valence-electron chi connectivity index (χ4n) is 0.762. The van der Waals surface area contributed by atoms with E-state index < -0.39 is 28.8 Å². The number of carboxylic acid groups (broad SMARTS) is 1. The first-order chi connectivity index (χ1) is 5.95. The Hall–Kier alpha value is -1.30. The summed E-state index contributed by atoms with van der Waals surface area (Å²) in [5.74, 6) is -4.72. The third kappa shape index (κ3) is 1.57. The van der Waals surface area contributed by atoms with Crippen molar-refractivity contribution in [3.05, 3.63) is 21.9 Å². The third-order valence-corrected chi connectivity index (χ3v) is 2.00. The van der Waals surface area contributed by atoms with Gasteiger partial charge in [-0.05, 0) is 22.0 Å². The van der Waals surface area contributed by atoms with E-state index in [2.05, 4.69) is 15.9 Å². The Balaban J connectivity index is 3.50. The van der Waals surface area contributed by atoms with Crippen LogP contribution in [0.15, 0.2) is 10.5 Å². The zero-order valence-corrected chi connectivity index (χ0v) is 7.67. The van der Waals surface area contributed by atoms with Crippen molar-refractivity contribution in [3.63, 3.8) is 0 Å². The van der Waals surface area contributed by atoms with Crippen molar-refractivity contribution in [2.24, 2.45) is 0 Å². The molecule has 0 radical (unpaired) electrons. The number of phenolic OH excluding ortho intramolecular Hbond substituents is 1. The molecule has 0 bridgehead atoms. The lowest BCUT2D eigenvalue weighted by Gasteiger charge is -2.04. The lowest BCUT2D eigenvalue weighted by atomic mass is 10.2.